The first-order chi connectivity index (χ1) is 8.66. The van der Waals surface area contributed by atoms with Crippen molar-refractivity contribution in [3.8, 4) is 0 Å². The number of amides is 1. The second kappa shape index (κ2) is 6.02. The second-order valence-electron chi connectivity index (χ2n) is 5.79. The quantitative estimate of drug-likeness (QED) is 0.801. The molecule has 104 valence electrons. The van der Waals surface area contributed by atoms with Gasteiger partial charge in [0.2, 0.25) is 5.91 Å². The van der Waals surface area contributed by atoms with Gasteiger partial charge >= 0.3 is 0 Å². The summed E-state index contributed by atoms with van der Waals surface area (Å²) in [5, 5.41) is 6.62. The fraction of sp³-hybridized carbons (Fsp3) is 0.929. The molecule has 3 unspecified atom stereocenters. The van der Waals surface area contributed by atoms with Crippen LogP contribution in [0.15, 0.2) is 0 Å². The Morgan fingerprint density at radius 1 is 1.56 bits per heavy atom. The van der Waals surface area contributed by atoms with E-state index in [1.54, 1.807) is 0 Å². The van der Waals surface area contributed by atoms with Crippen LogP contribution in [0.25, 0.3) is 0 Å². The molecule has 4 heteroatoms. The molecule has 0 aromatic heterocycles. The number of nitrogens with one attached hydrogen (secondary N) is 2. The van der Waals surface area contributed by atoms with Gasteiger partial charge in [-0.15, -0.1) is 0 Å². The summed E-state index contributed by atoms with van der Waals surface area (Å²) in [5.74, 6) is 0.247. The highest BCUT2D eigenvalue weighted by Crippen LogP contribution is 2.30. The van der Waals surface area contributed by atoms with Gasteiger partial charge < -0.3 is 15.4 Å². The van der Waals surface area contributed by atoms with Crippen molar-refractivity contribution in [2.45, 2.75) is 58.1 Å². The van der Waals surface area contributed by atoms with Crippen molar-refractivity contribution in [2.75, 3.05) is 19.7 Å². The van der Waals surface area contributed by atoms with Gasteiger partial charge in [-0.1, -0.05) is 6.92 Å². The van der Waals surface area contributed by atoms with Crippen molar-refractivity contribution >= 4 is 5.91 Å². The van der Waals surface area contributed by atoms with Crippen LogP contribution >= 0.6 is 0 Å². The fourth-order valence-electron chi connectivity index (χ4n) is 3.09. The Hall–Kier alpha value is -0.610. The first-order valence-corrected chi connectivity index (χ1v) is 7.29. The Bertz CT molecular complexity index is 288. The molecule has 0 saturated carbocycles. The molecular formula is C14H26N2O2. The van der Waals surface area contributed by atoms with E-state index in [0.29, 0.717) is 6.04 Å². The molecule has 0 aromatic carbocycles. The predicted molar refractivity (Wildman–Crippen MR) is 71.4 cm³/mol. The van der Waals surface area contributed by atoms with Gasteiger partial charge in [0.1, 0.15) is 0 Å². The first-order valence-electron chi connectivity index (χ1n) is 7.29. The molecule has 2 fully saturated rings. The van der Waals surface area contributed by atoms with E-state index in [-0.39, 0.29) is 17.4 Å². The van der Waals surface area contributed by atoms with Gasteiger partial charge in [-0.2, -0.15) is 0 Å². The van der Waals surface area contributed by atoms with Gasteiger partial charge in [0.05, 0.1) is 11.5 Å². The third kappa shape index (κ3) is 3.04. The van der Waals surface area contributed by atoms with Gasteiger partial charge in [0.15, 0.2) is 0 Å². The molecule has 2 aliphatic rings. The maximum absolute atomic E-state index is 12.5. The van der Waals surface area contributed by atoms with E-state index < -0.39 is 0 Å². The van der Waals surface area contributed by atoms with Crippen molar-refractivity contribution in [3.05, 3.63) is 0 Å². The normalized spacial score (nSPS) is 37.2. The number of hydrogen-bond acceptors (Lipinski definition) is 3. The van der Waals surface area contributed by atoms with Crippen molar-refractivity contribution in [2.24, 2.45) is 5.41 Å². The molecule has 2 aliphatic heterocycles. The van der Waals surface area contributed by atoms with Gasteiger partial charge in [-0.25, -0.2) is 0 Å². The van der Waals surface area contributed by atoms with Crippen LogP contribution in [0.2, 0.25) is 0 Å². The third-order valence-corrected chi connectivity index (χ3v) is 4.45. The van der Waals surface area contributed by atoms with E-state index in [9.17, 15) is 4.79 Å². The molecule has 0 aliphatic carbocycles. The summed E-state index contributed by atoms with van der Waals surface area (Å²) in [6.07, 6.45) is 5.20. The van der Waals surface area contributed by atoms with Crippen LogP contribution in [0.4, 0.5) is 0 Å². The van der Waals surface area contributed by atoms with Crippen LogP contribution in [0, 0.1) is 5.41 Å². The van der Waals surface area contributed by atoms with Gasteiger partial charge in [-0.05, 0) is 45.6 Å². The van der Waals surface area contributed by atoms with Crippen LogP contribution in [0.5, 0.6) is 0 Å². The van der Waals surface area contributed by atoms with Crippen LogP contribution in [0.3, 0.4) is 0 Å². The molecule has 4 nitrogen and oxygen atoms in total. The summed E-state index contributed by atoms with van der Waals surface area (Å²) in [6, 6.07) is 0.298. The molecule has 3 atom stereocenters. The zero-order chi connectivity index (χ0) is 13.0. The Labute approximate surface area is 110 Å². The Morgan fingerprint density at radius 2 is 2.39 bits per heavy atom. The van der Waals surface area contributed by atoms with Crippen LogP contribution < -0.4 is 10.6 Å². The van der Waals surface area contributed by atoms with Gasteiger partial charge in [-0.3, -0.25) is 4.79 Å². The summed E-state index contributed by atoms with van der Waals surface area (Å²) >= 11 is 0. The van der Waals surface area contributed by atoms with Crippen molar-refractivity contribution in [1.29, 1.82) is 0 Å². The lowest BCUT2D eigenvalue weighted by Gasteiger charge is -2.38. The molecule has 0 aromatic rings. The van der Waals surface area contributed by atoms with Crippen molar-refractivity contribution in [3.63, 3.8) is 0 Å². The molecule has 2 saturated heterocycles. The van der Waals surface area contributed by atoms with E-state index in [2.05, 4.69) is 24.5 Å². The largest absolute Gasteiger partial charge is 0.378 e. The average Bonchev–Trinajstić information content (AvgIpc) is 2.39. The van der Waals surface area contributed by atoms with Crippen molar-refractivity contribution in [1.82, 2.24) is 10.6 Å². The lowest BCUT2D eigenvalue weighted by molar-refractivity contribution is -0.134. The minimum absolute atomic E-state index is 0.181. The summed E-state index contributed by atoms with van der Waals surface area (Å²) in [6.45, 7) is 6.84. The number of carbonyl (C=O) groups excluding carboxylic acids is 1. The predicted octanol–water partition coefficient (Wildman–Crippen LogP) is 1.45. The molecule has 2 rings (SSSR count). The number of ether oxygens (including phenoxy) is 1. The lowest BCUT2D eigenvalue weighted by Crippen LogP contribution is -2.53. The lowest BCUT2D eigenvalue weighted by atomic mass is 9.77. The van der Waals surface area contributed by atoms with E-state index in [4.69, 9.17) is 4.74 Å². The SMILES string of the molecule is CCC1(C(=O)NC2CCOC(C)C2)CCCNC1. The molecular weight excluding hydrogens is 228 g/mol. The standard InChI is InChI=1S/C14H26N2O2/c1-3-14(6-4-7-15-10-14)13(17)16-12-5-8-18-11(2)9-12/h11-12,15H,3-10H2,1-2H3,(H,16,17). The highest BCUT2D eigenvalue weighted by molar-refractivity contribution is 5.83. The highest BCUT2D eigenvalue weighted by atomic mass is 16.5. The maximum atomic E-state index is 12.5. The molecule has 0 spiro atoms. The van der Waals surface area contributed by atoms with Gasteiger partial charge in [0, 0.05) is 19.2 Å². The summed E-state index contributed by atoms with van der Waals surface area (Å²) in [7, 11) is 0. The molecule has 18 heavy (non-hydrogen) atoms. The van der Waals surface area contributed by atoms with E-state index in [1.807, 2.05) is 0 Å². The summed E-state index contributed by atoms with van der Waals surface area (Å²) < 4.78 is 5.52. The van der Waals surface area contributed by atoms with Crippen LogP contribution in [-0.4, -0.2) is 37.7 Å². The first kappa shape index (κ1) is 13.8. The number of carbonyl (C=O) groups is 1. The zero-order valence-corrected chi connectivity index (χ0v) is 11.6. The Balaban J connectivity index is 1.92. The van der Waals surface area contributed by atoms with Gasteiger partial charge in [0.25, 0.3) is 0 Å². The third-order valence-electron chi connectivity index (χ3n) is 4.45. The molecule has 1 amide bonds. The number of piperidine rings is 1. The fourth-order valence-corrected chi connectivity index (χ4v) is 3.09. The summed E-state index contributed by atoms with van der Waals surface area (Å²) in [4.78, 5) is 12.5. The van der Waals surface area contributed by atoms with E-state index in [1.165, 1.54) is 0 Å². The Kier molecular flexibility index (Phi) is 4.62. The average molecular weight is 254 g/mol. The van der Waals surface area contributed by atoms with Crippen LogP contribution in [-0.2, 0) is 9.53 Å². The van der Waals surface area contributed by atoms with Crippen molar-refractivity contribution < 1.29 is 9.53 Å². The highest BCUT2D eigenvalue weighted by Gasteiger charge is 2.38. The second-order valence-corrected chi connectivity index (χ2v) is 5.79. The topological polar surface area (TPSA) is 50.4 Å². The minimum atomic E-state index is -0.181. The molecule has 0 radical (unpaired) electrons. The maximum Gasteiger partial charge on any atom is 0.227 e. The zero-order valence-electron chi connectivity index (χ0n) is 11.6. The molecule has 0 bridgehead atoms. The summed E-state index contributed by atoms with van der Waals surface area (Å²) in [5.41, 5.74) is -0.181. The van der Waals surface area contributed by atoms with E-state index in [0.717, 1.165) is 51.8 Å². The monoisotopic (exact) mass is 254 g/mol. The van der Waals surface area contributed by atoms with Crippen LogP contribution in [0.1, 0.15) is 46.0 Å². The van der Waals surface area contributed by atoms with E-state index >= 15 is 0 Å². The minimum Gasteiger partial charge on any atom is -0.378 e. The Morgan fingerprint density at radius 3 is 3.00 bits per heavy atom. The number of rotatable bonds is 3. The molecule has 2 heterocycles. The smallest absolute Gasteiger partial charge is 0.227 e. The number of hydrogen-bond donors (Lipinski definition) is 2. The molecule has 2 N–H and O–H groups in total.